The summed E-state index contributed by atoms with van der Waals surface area (Å²) >= 11 is 5.35. The van der Waals surface area contributed by atoms with Crippen LogP contribution in [0, 0.1) is 16.6 Å². The number of H-pyrrole nitrogens is 1. The summed E-state index contributed by atoms with van der Waals surface area (Å²) in [6, 6.07) is 3.85. The largest absolute Gasteiger partial charge is 0.467 e. The number of piperidine rings is 1. The number of anilines is 1. The van der Waals surface area contributed by atoms with Crippen molar-refractivity contribution in [2.24, 2.45) is 11.8 Å². The van der Waals surface area contributed by atoms with Gasteiger partial charge in [0.05, 0.1) is 12.8 Å². The summed E-state index contributed by atoms with van der Waals surface area (Å²) < 4.78 is 8.07. The van der Waals surface area contributed by atoms with E-state index in [1.165, 1.54) is 6.42 Å². The van der Waals surface area contributed by atoms with Gasteiger partial charge in [-0.2, -0.15) is 0 Å². The maximum Gasteiger partial charge on any atom is 0.226 e. The van der Waals surface area contributed by atoms with Crippen LogP contribution < -0.4 is 4.90 Å². The highest BCUT2D eigenvalue weighted by atomic mass is 32.1. The summed E-state index contributed by atoms with van der Waals surface area (Å²) in [5, 5.41) is 7.33. The third-order valence-corrected chi connectivity index (χ3v) is 4.10. The average molecular weight is 292 g/mol. The van der Waals surface area contributed by atoms with Gasteiger partial charge in [0, 0.05) is 13.1 Å². The predicted octanol–water partition coefficient (Wildman–Crippen LogP) is 3.06. The van der Waals surface area contributed by atoms with E-state index in [1.807, 2.05) is 16.7 Å². The fourth-order valence-electron chi connectivity index (χ4n) is 3.08. The monoisotopic (exact) mass is 292 g/mol. The molecule has 6 heteroatoms. The van der Waals surface area contributed by atoms with Gasteiger partial charge in [0.1, 0.15) is 5.76 Å². The Morgan fingerprint density at radius 2 is 2.15 bits per heavy atom. The smallest absolute Gasteiger partial charge is 0.226 e. The van der Waals surface area contributed by atoms with E-state index in [1.54, 1.807) is 6.26 Å². The van der Waals surface area contributed by atoms with Gasteiger partial charge in [0.25, 0.3) is 0 Å². The number of nitrogens with zero attached hydrogens (tertiary/aromatic N) is 3. The highest BCUT2D eigenvalue weighted by molar-refractivity contribution is 7.71. The van der Waals surface area contributed by atoms with Crippen LogP contribution in [0.4, 0.5) is 5.95 Å². The maximum absolute atomic E-state index is 5.42. The summed E-state index contributed by atoms with van der Waals surface area (Å²) in [5.74, 6) is 3.17. The molecule has 0 radical (unpaired) electrons. The Balaban J connectivity index is 1.88. The molecule has 0 bridgehead atoms. The molecule has 2 aromatic heterocycles. The molecular weight excluding hydrogens is 272 g/mol. The normalized spacial score (nSPS) is 23.2. The van der Waals surface area contributed by atoms with Crippen LogP contribution in [0.5, 0.6) is 0 Å². The van der Waals surface area contributed by atoms with E-state index in [-0.39, 0.29) is 0 Å². The summed E-state index contributed by atoms with van der Waals surface area (Å²) in [5.41, 5.74) is 0. The van der Waals surface area contributed by atoms with Crippen molar-refractivity contribution >= 4 is 18.2 Å². The number of nitrogens with one attached hydrogen (secondary N) is 1. The van der Waals surface area contributed by atoms with Crippen molar-refractivity contribution in [3.05, 3.63) is 28.9 Å². The second kappa shape index (κ2) is 5.44. The zero-order valence-corrected chi connectivity index (χ0v) is 12.7. The first-order valence-electron chi connectivity index (χ1n) is 7.06. The van der Waals surface area contributed by atoms with Crippen molar-refractivity contribution in [2.75, 3.05) is 18.0 Å². The molecule has 5 nitrogen and oxygen atoms in total. The highest BCUT2D eigenvalue weighted by Gasteiger charge is 2.25. The first kappa shape index (κ1) is 13.4. The second-order valence-electron chi connectivity index (χ2n) is 5.85. The Hall–Kier alpha value is -1.56. The predicted molar refractivity (Wildman–Crippen MR) is 80.4 cm³/mol. The zero-order chi connectivity index (χ0) is 14.1. The minimum Gasteiger partial charge on any atom is -0.467 e. The molecule has 1 saturated heterocycles. The Kier molecular flexibility index (Phi) is 3.65. The van der Waals surface area contributed by atoms with Crippen molar-refractivity contribution in [1.29, 1.82) is 0 Å². The molecule has 3 heterocycles. The van der Waals surface area contributed by atoms with Gasteiger partial charge in [0.2, 0.25) is 5.95 Å². The lowest BCUT2D eigenvalue weighted by atomic mass is 9.92. The van der Waals surface area contributed by atoms with Gasteiger partial charge in [-0.25, -0.2) is 5.10 Å². The summed E-state index contributed by atoms with van der Waals surface area (Å²) in [4.78, 5) is 2.33. The molecule has 0 aromatic carbocycles. The van der Waals surface area contributed by atoms with E-state index in [4.69, 9.17) is 16.6 Å². The molecule has 2 aromatic rings. The molecule has 20 heavy (non-hydrogen) atoms. The van der Waals surface area contributed by atoms with Crippen molar-refractivity contribution in [3.63, 3.8) is 0 Å². The standard InChI is InChI=1S/C14H20N4OS/c1-10-6-11(2)8-17(7-10)13-15-16-14(20)18(13)9-12-4-3-5-19-12/h3-5,10-11H,6-9H2,1-2H3,(H,16,20)/t10-,11-/m1/s1. The van der Waals surface area contributed by atoms with Crippen LogP contribution in [0.2, 0.25) is 0 Å². The van der Waals surface area contributed by atoms with E-state index in [9.17, 15) is 0 Å². The van der Waals surface area contributed by atoms with Gasteiger partial charge in [-0.3, -0.25) is 4.57 Å². The number of hydrogen-bond acceptors (Lipinski definition) is 4. The third-order valence-electron chi connectivity index (χ3n) is 3.78. The Morgan fingerprint density at radius 1 is 1.40 bits per heavy atom. The molecule has 1 N–H and O–H groups in total. The van der Waals surface area contributed by atoms with Gasteiger partial charge in [-0.05, 0) is 42.6 Å². The Bertz CT molecular complexity index is 605. The third kappa shape index (κ3) is 2.65. The van der Waals surface area contributed by atoms with Gasteiger partial charge in [-0.15, -0.1) is 5.10 Å². The van der Waals surface area contributed by atoms with Crippen molar-refractivity contribution in [3.8, 4) is 0 Å². The lowest BCUT2D eigenvalue weighted by molar-refractivity contribution is 0.351. The van der Waals surface area contributed by atoms with Crippen LogP contribution in [-0.4, -0.2) is 27.9 Å². The molecule has 108 valence electrons. The van der Waals surface area contributed by atoms with Crippen LogP contribution >= 0.6 is 12.2 Å². The van der Waals surface area contributed by atoms with Crippen LogP contribution in [0.1, 0.15) is 26.0 Å². The molecule has 1 aliphatic heterocycles. The number of rotatable bonds is 3. The highest BCUT2D eigenvalue weighted by Crippen LogP contribution is 2.25. The Morgan fingerprint density at radius 3 is 2.80 bits per heavy atom. The molecule has 2 atom stereocenters. The van der Waals surface area contributed by atoms with Gasteiger partial charge < -0.3 is 9.32 Å². The van der Waals surface area contributed by atoms with E-state index in [0.717, 1.165) is 24.8 Å². The van der Waals surface area contributed by atoms with Crippen LogP contribution in [0.25, 0.3) is 0 Å². The minimum absolute atomic E-state index is 0.622. The maximum atomic E-state index is 5.42. The van der Waals surface area contributed by atoms with Gasteiger partial charge in [0.15, 0.2) is 4.77 Å². The molecule has 0 aliphatic carbocycles. The van der Waals surface area contributed by atoms with Crippen LogP contribution in [-0.2, 0) is 6.54 Å². The molecule has 1 fully saturated rings. The van der Waals surface area contributed by atoms with Crippen molar-refractivity contribution < 1.29 is 4.42 Å². The van der Waals surface area contributed by atoms with E-state index in [2.05, 4.69) is 28.9 Å². The molecule has 0 unspecified atom stereocenters. The molecule has 0 amide bonds. The van der Waals surface area contributed by atoms with Gasteiger partial charge in [-0.1, -0.05) is 13.8 Å². The fourth-order valence-corrected chi connectivity index (χ4v) is 3.27. The number of furan rings is 1. The fraction of sp³-hybridized carbons (Fsp3) is 0.571. The van der Waals surface area contributed by atoms with Crippen LogP contribution in [0.15, 0.2) is 22.8 Å². The van der Waals surface area contributed by atoms with E-state index < -0.39 is 0 Å². The number of aromatic amines is 1. The SMILES string of the molecule is C[C@@H]1C[C@@H](C)CN(c2n[nH]c(=S)n2Cc2ccco2)C1. The molecular formula is C14H20N4OS. The molecule has 3 rings (SSSR count). The quantitative estimate of drug-likeness (QED) is 0.883. The first-order chi connectivity index (χ1) is 9.63. The topological polar surface area (TPSA) is 50.0 Å². The van der Waals surface area contributed by atoms with E-state index >= 15 is 0 Å². The van der Waals surface area contributed by atoms with Crippen molar-refractivity contribution in [2.45, 2.75) is 26.8 Å². The van der Waals surface area contributed by atoms with E-state index in [0.29, 0.717) is 23.2 Å². The molecule has 0 saturated carbocycles. The first-order valence-corrected chi connectivity index (χ1v) is 7.47. The van der Waals surface area contributed by atoms with Crippen molar-refractivity contribution in [1.82, 2.24) is 14.8 Å². The Labute approximate surface area is 123 Å². The number of hydrogen-bond donors (Lipinski definition) is 1. The average Bonchev–Trinajstić information content (AvgIpc) is 3.00. The minimum atomic E-state index is 0.622. The summed E-state index contributed by atoms with van der Waals surface area (Å²) in [7, 11) is 0. The molecule has 0 spiro atoms. The lowest BCUT2D eigenvalue weighted by Crippen LogP contribution is -2.40. The number of aromatic nitrogens is 3. The zero-order valence-electron chi connectivity index (χ0n) is 11.9. The van der Waals surface area contributed by atoms with Gasteiger partial charge >= 0.3 is 0 Å². The summed E-state index contributed by atoms with van der Waals surface area (Å²) in [6.07, 6.45) is 2.96. The second-order valence-corrected chi connectivity index (χ2v) is 6.23. The summed E-state index contributed by atoms with van der Waals surface area (Å²) in [6.45, 7) is 7.27. The van der Waals surface area contributed by atoms with Crippen LogP contribution in [0.3, 0.4) is 0 Å². The molecule has 1 aliphatic rings. The lowest BCUT2D eigenvalue weighted by Gasteiger charge is -2.35.